The molecule has 0 unspecified atom stereocenters. The Kier molecular flexibility index (Phi) is 5.94. The van der Waals surface area contributed by atoms with Crippen molar-refractivity contribution in [1.29, 1.82) is 0 Å². The molecule has 0 aliphatic rings. The lowest BCUT2D eigenvalue weighted by Crippen LogP contribution is -2.28. The van der Waals surface area contributed by atoms with Crippen molar-refractivity contribution in [3.8, 4) is 0 Å². The summed E-state index contributed by atoms with van der Waals surface area (Å²) in [6.45, 7) is 4.19. The van der Waals surface area contributed by atoms with Crippen LogP contribution in [0.15, 0.2) is 12.1 Å². The highest BCUT2D eigenvalue weighted by Gasteiger charge is 2.37. The van der Waals surface area contributed by atoms with E-state index in [1.165, 1.54) is 4.90 Å². The fraction of sp³-hybridized carbons (Fsp3) is 0.500. The number of carboxylic acid groups (broad SMARTS) is 1. The van der Waals surface area contributed by atoms with Gasteiger partial charge in [0, 0.05) is 19.2 Å². The molecule has 0 heterocycles. The van der Waals surface area contributed by atoms with Gasteiger partial charge in [-0.15, -0.1) is 0 Å². The zero-order valence-corrected chi connectivity index (χ0v) is 12.7. The molecule has 0 bridgehead atoms. The van der Waals surface area contributed by atoms with Crippen molar-refractivity contribution in [2.75, 3.05) is 18.0 Å². The first kappa shape index (κ1) is 18.7. The van der Waals surface area contributed by atoms with Crippen molar-refractivity contribution in [3.63, 3.8) is 0 Å². The number of hydrogen-bond acceptors (Lipinski definition) is 4. The molecule has 1 N–H and O–H groups in total. The minimum atomic E-state index is -4.87. The second kappa shape index (κ2) is 7.30. The van der Waals surface area contributed by atoms with Crippen LogP contribution < -0.4 is 4.90 Å². The zero-order valence-electron chi connectivity index (χ0n) is 12.7. The third-order valence-electron chi connectivity index (χ3n) is 3.15. The van der Waals surface area contributed by atoms with Crippen LogP contribution >= 0.6 is 0 Å². The molecular weight excluding hydrogens is 317 g/mol. The molecule has 0 amide bonds. The summed E-state index contributed by atoms with van der Waals surface area (Å²) in [7, 11) is 0. The Balaban J connectivity index is 3.70. The Morgan fingerprint density at radius 3 is 2.13 bits per heavy atom. The Hall–Kier alpha value is -2.32. The molecule has 1 rings (SSSR count). The lowest BCUT2D eigenvalue weighted by molar-refractivity contribution is -0.384. The first-order valence-corrected chi connectivity index (χ1v) is 7.01. The molecule has 0 radical (unpaired) electrons. The van der Waals surface area contributed by atoms with Crippen LogP contribution in [-0.4, -0.2) is 29.1 Å². The second-order valence-corrected chi connectivity index (χ2v) is 4.94. The number of alkyl halides is 3. The van der Waals surface area contributed by atoms with Crippen molar-refractivity contribution in [1.82, 2.24) is 0 Å². The number of anilines is 1. The number of nitrogens with zero attached hydrogens (tertiary/aromatic N) is 2. The van der Waals surface area contributed by atoms with E-state index in [0.717, 1.165) is 0 Å². The molecule has 1 aromatic carbocycles. The quantitative estimate of drug-likeness (QED) is 0.603. The normalized spacial score (nSPS) is 11.3. The number of carbonyl (C=O) groups is 1. The van der Waals surface area contributed by atoms with E-state index in [0.29, 0.717) is 38.1 Å². The van der Waals surface area contributed by atoms with Gasteiger partial charge in [-0.25, -0.2) is 4.79 Å². The topological polar surface area (TPSA) is 83.7 Å². The van der Waals surface area contributed by atoms with Gasteiger partial charge < -0.3 is 10.0 Å². The van der Waals surface area contributed by atoms with E-state index in [4.69, 9.17) is 0 Å². The zero-order chi connectivity index (χ0) is 17.8. The fourth-order valence-electron chi connectivity index (χ4n) is 2.29. The van der Waals surface area contributed by atoms with Gasteiger partial charge >= 0.3 is 12.1 Å². The molecule has 0 aliphatic carbocycles. The molecule has 0 spiro atoms. The van der Waals surface area contributed by atoms with Crippen molar-refractivity contribution in [3.05, 3.63) is 33.4 Å². The van der Waals surface area contributed by atoms with Crippen LogP contribution in [0.5, 0.6) is 0 Å². The summed E-state index contributed by atoms with van der Waals surface area (Å²) < 4.78 is 38.6. The van der Waals surface area contributed by atoms with Gasteiger partial charge in [0.1, 0.15) is 5.69 Å². The molecule has 0 saturated heterocycles. The second-order valence-electron chi connectivity index (χ2n) is 4.94. The summed E-state index contributed by atoms with van der Waals surface area (Å²) >= 11 is 0. The van der Waals surface area contributed by atoms with E-state index in [1.54, 1.807) is 13.8 Å². The first-order valence-electron chi connectivity index (χ1n) is 7.01. The first-order chi connectivity index (χ1) is 10.6. The standard InChI is InChI=1S/C14H17F3N2O4/c1-3-5-18(6-4-2)12-10(13(20)21)7-9(14(15,16)17)8-11(12)19(22)23/h7-8H,3-6H2,1-2H3,(H,20,21). The monoisotopic (exact) mass is 334 g/mol. The molecule has 0 aliphatic heterocycles. The molecular formula is C14H17F3N2O4. The summed E-state index contributed by atoms with van der Waals surface area (Å²) in [5, 5.41) is 20.4. The number of carboxylic acids is 1. The van der Waals surface area contributed by atoms with Crippen LogP contribution in [0.3, 0.4) is 0 Å². The minimum absolute atomic E-state index is 0.279. The summed E-state index contributed by atoms with van der Waals surface area (Å²) in [6.07, 6.45) is -3.73. The van der Waals surface area contributed by atoms with Gasteiger partial charge in [0.25, 0.3) is 5.69 Å². The van der Waals surface area contributed by atoms with E-state index in [-0.39, 0.29) is 5.69 Å². The van der Waals surface area contributed by atoms with E-state index in [2.05, 4.69) is 0 Å². The number of hydrogen-bond donors (Lipinski definition) is 1. The summed E-state index contributed by atoms with van der Waals surface area (Å²) in [5.41, 5.74) is -3.19. The average molecular weight is 334 g/mol. The largest absolute Gasteiger partial charge is 0.478 e. The SMILES string of the molecule is CCCN(CCC)c1c(C(=O)O)cc(C(F)(F)F)cc1[N+](=O)[O-]. The molecule has 0 fully saturated rings. The molecule has 0 aromatic heterocycles. The maximum Gasteiger partial charge on any atom is 0.416 e. The molecule has 0 atom stereocenters. The average Bonchev–Trinajstić information content (AvgIpc) is 2.44. The van der Waals surface area contributed by atoms with Crippen LogP contribution in [0.4, 0.5) is 24.5 Å². The van der Waals surface area contributed by atoms with Gasteiger partial charge in [0.15, 0.2) is 0 Å². The van der Waals surface area contributed by atoms with E-state index < -0.39 is 33.9 Å². The number of nitro benzene ring substituents is 1. The van der Waals surface area contributed by atoms with Gasteiger partial charge in [0.2, 0.25) is 0 Å². The summed E-state index contributed by atoms with van der Waals surface area (Å²) in [5.74, 6) is -1.63. The van der Waals surface area contributed by atoms with Crippen LogP contribution in [0, 0.1) is 10.1 Å². The predicted octanol–water partition coefficient (Wildman–Crippen LogP) is 3.94. The van der Waals surface area contributed by atoms with Crippen LogP contribution in [-0.2, 0) is 6.18 Å². The lowest BCUT2D eigenvalue weighted by atomic mass is 10.0. The van der Waals surface area contributed by atoms with E-state index in [1.807, 2.05) is 0 Å². The molecule has 6 nitrogen and oxygen atoms in total. The molecule has 128 valence electrons. The van der Waals surface area contributed by atoms with Gasteiger partial charge in [0.05, 0.1) is 16.1 Å². The number of benzene rings is 1. The van der Waals surface area contributed by atoms with Crippen molar-refractivity contribution in [2.24, 2.45) is 0 Å². The molecule has 23 heavy (non-hydrogen) atoms. The molecule has 9 heteroatoms. The van der Waals surface area contributed by atoms with Gasteiger partial charge in [-0.05, 0) is 18.9 Å². The minimum Gasteiger partial charge on any atom is -0.478 e. The highest BCUT2D eigenvalue weighted by molar-refractivity contribution is 5.97. The molecule has 0 saturated carbocycles. The van der Waals surface area contributed by atoms with Crippen LogP contribution in [0.1, 0.15) is 42.6 Å². The Morgan fingerprint density at radius 1 is 1.26 bits per heavy atom. The van der Waals surface area contributed by atoms with E-state index >= 15 is 0 Å². The summed E-state index contributed by atoms with van der Waals surface area (Å²) in [6, 6.07) is 0.836. The summed E-state index contributed by atoms with van der Waals surface area (Å²) in [4.78, 5) is 23.0. The maximum absolute atomic E-state index is 12.9. The Morgan fingerprint density at radius 2 is 1.78 bits per heavy atom. The fourth-order valence-corrected chi connectivity index (χ4v) is 2.29. The number of nitro groups is 1. The highest BCUT2D eigenvalue weighted by Crippen LogP contribution is 2.39. The molecule has 1 aromatic rings. The van der Waals surface area contributed by atoms with E-state index in [9.17, 15) is 33.2 Å². The lowest BCUT2D eigenvalue weighted by Gasteiger charge is -2.25. The van der Waals surface area contributed by atoms with Crippen molar-refractivity contribution in [2.45, 2.75) is 32.9 Å². The van der Waals surface area contributed by atoms with Crippen molar-refractivity contribution >= 4 is 17.3 Å². The number of aromatic carboxylic acids is 1. The smallest absolute Gasteiger partial charge is 0.416 e. The number of rotatable bonds is 7. The number of halogens is 3. The van der Waals surface area contributed by atoms with Crippen LogP contribution in [0.25, 0.3) is 0 Å². The maximum atomic E-state index is 12.9. The Labute approximate surface area is 130 Å². The third-order valence-corrected chi connectivity index (χ3v) is 3.15. The van der Waals surface area contributed by atoms with Crippen molar-refractivity contribution < 1.29 is 28.0 Å². The Bertz CT molecular complexity index is 561. The van der Waals surface area contributed by atoms with Gasteiger partial charge in [-0.3, -0.25) is 10.1 Å². The third kappa shape index (κ3) is 4.33. The van der Waals surface area contributed by atoms with Gasteiger partial charge in [-0.1, -0.05) is 13.8 Å². The van der Waals surface area contributed by atoms with Gasteiger partial charge in [-0.2, -0.15) is 13.2 Å². The predicted molar refractivity (Wildman–Crippen MR) is 77.9 cm³/mol. The van der Waals surface area contributed by atoms with Crippen LogP contribution in [0.2, 0.25) is 0 Å². The highest BCUT2D eigenvalue weighted by atomic mass is 19.4.